The van der Waals surface area contributed by atoms with Gasteiger partial charge in [0.25, 0.3) is 0 Å². The van der Waals surface area contributed by atoms with Crippen LogP contribution >= 0.6 is 0 Å². The molecule has 0 N–H and O–H groups in total. The van der Waals surface area contributed by atoms with E-state index in [2.05, 4.69) is 29.7 Å². The van der Waals surface area contributed by atoms with Gasteiger partial charge in [0.1, 0.15) is 11.2 Å². The molecule has 4 rings (SSSR count). The Labute approximate surface area is 213 Å². The Morgan fingerprint density at radius 1 is 1.08 bits per heavy atom. The molecule has 0 saturated carbocycles. The number of esters is 2. The number of carbonyl (C=O) groups excluding carboxylic acids is 3. The van der Waals surface area contributed by atoms with Crippen molar-refractivity contribution in [1.82, 2.24) is 4.90 Å². The van der Waals surface area contributed by atoms with E-state index in [1.165, 1.54) is 7.11 Å². The smallest absolute Gasteiger partial charge is 0.343 e. The van der Waals surface area contributed by atoms with Crippen LogP contribution in [0.15, 0.2) is 23.9 Å². The largest absolute Gasteiger partial charge is 0.465 e. The molecule has 0 aliphatic carbocycles. The minimum atomic E-state index is -0.690. The molecule has 2 unspecified atom stereocenters. The molecular formula is C28H38N2O6. The van der Waals surface area contributed by atoms with Crippen molar-refractivity contribution in [3.63, 3.8) is 0 Å². The van der Waals surface area contributed by atoms with Crippen LogP contribution in [0.4, 0.5) is 5.69 Å². The van der Waals surface area contributed by atoms with Crippen LogP contribution in [0.2, 0.25) is 0 Å². The van der Waals surface area contributed by atoms with Crippen molar-refractivity contribution >= 4 is 23.4 Å². The van der Waals surface area contributed by atoms with Gasteiger partial charge in [0.15, 0.2) is 5.78 Å². The van der Waals surface area contributed by atoms with Crippen LogP contribution < -0.4 is 4.90 Å². The number of rotatable bonds is 5. The van der Waals surface area contributed by atoms with Gasteiger partial charge in [-0.05, 0) is 62.8 Å². The number of anilines is 1. The van der Waals surface area contributed by atoms with Crippen LogP contribution in [0.3, 0.4) is 0 Å². The minimum Gasteiger partial charge on any atom is -0.465 e. The molecule has 0 amide bonds. The summed E-state index contributed by atoms with van der Waals surface area (Å²) in [6.45, 7) is 11.2. The molecule has 3 aliphatic rings. The third kappa shape index (κ3) is 5.01. The Hall–Kier alpha value is -2.87. The summed E-state index contributed by atoms with van der Waals surface area (Å²) in [5.41, 5.74) is 2.80. The van der Waals surface area contributed by atoms with Crippen LogP contribution in [-0.2, 0) is 30.2 Å². The number of hydrogen-bond acceptors (Lipinski definition) is 8. The lowest BCUT2D eigenvalue weighted by Crippen LogP contribution is -2.47. The summed E-state index contributed by atoms with van der Waals surface area (Å²) in [4.78, 5) is 43.2. The number of carbonyl (C=O) groups is 3. The van der Waals surface area contributed by atoms with E-state index < -0.39 is 17.5 Å². The van der Waals surface area contributed by atoms with E-state index in [1.807, 2.05) is 6.07 Å². The van der Waals surface area contributed by atoms with Crippen LogP contribution in [0.25, 0.3) is 0 Å². The zero-order chi connectivity index (χ0) is 26.4. The second-order valence-corrected chi connectivity index (χ2v) is 11.3. The normalized spacial score (nSPS) is 23.8. The number of nitrogens with zero attached hydrogens (tertiary/aromatic N) is 2. The van der Waals surface area contributed by atoms with E-state index in [-0.39, 0.29) is 41.9 Å². The maximum absolute atomic E-state index is 13.2. The molecule has 3 heterocycles. The van der Waals surface area contributed by atoms with E-state index >= 15 is 0 Å². The zero-order valence-electron chi connectivity index (χ0n) is 22.4. The summed E-state index contributed by atoms with van der Waals surface area (Å²) in [5.74, 6) is -0.963. The van der Waals surface area contributed by atoms with E-state index in [0.717, 1.165) is 36.2 Å². The van der Waals surface area contributed by atoms with Crippen molar-refractivity contribution in [2.45, 2.75) is 77.7 Å². The van der Waals surface area contributed by atoms with Gasteiger partial charge >= 0.3 is 11.9 Å². The van der Waals surface area contributed by atoms with E-state index in [0.29, 0.717) is 12.1 Å². The Kier molecular flexibility index (Phi) is 7.19. The Morgan fingerprint density at radius 2 is 1.81 bits per heavy atom. The lowest BCUT2D eigenvalue weighted by Gasteiger charge is -2.47. The quantitative estimate of drug-likeness (QED) is 0.448. The summed E-state index contributed by atoms with van der Waals surface area (Å²) in [5, 5.41) is 0. The third-order valence-electron chi connectivity index (χ3n) is 7.36. The molecule has 1 saturated heterocycles. The second kappa shape index (κ2) is 9.88. The van der Waals surface area contributed by atoms with Crippen molar-refractivity contribution in [1.29, 1.82) is 0 Å². The van der Waals surface area contributed by atoms with Gasteiger partial charge in [-0.2, -0.15) is 0 Å². The van der Waals surface area contributed by atoms with Crippen molar-refractivity contribution in [2.75, 3.05) is 32.2 Å². The minimum absolute atomic E-state index is 0.0859. The van der Waals surface area contributed by atoms with E-state index in [1.54, 1.807) is 34.1 Å². The molecule has 1 aromatic carbocycles. The lowest BCUT2D eigenvalue weighted by molar-refractivity contribution is -0.151. The van der Waals surface area contributed by atoms with Gasteiger partial charge in [0.2, 0.25) is 0 Å². The number of benzene rings is 1. The zero-order valence-corrected chi connectivity index (χ0v) is 22.4. The van der Waals surface area contributed by atoms with Crippen LogP contribution in [0.5, 0.6) is 0 Å². The molecule has 0 spiro atoms. The maximum Gasteiger partial charge on any atom is 0.343 e. The maximum atomic E-state index is 13.2. The molecule has 0 aromatic heterocycles. The van der Waals surface area contributed by atoms with Crippen LogP contribution in [0.1, 0.15) is 75.0 Å². The summed E-state index contributed by atoms with van der Waals surface area (Å²) in [7, 11) is 3.10. The van der Waals surface area contributed by atoms with Gasteiger partial charge < -0.3 is 24.0 Å². The monoisotopic (exact) mass is 498 g/mol. The summed E-state index contributed by atoms with van der Waals surface area (Å²) < 4.78 is 16.2. The first-order chi connectivity index (χ1) is 16.9. The Balaban J connectivity index is 1.78. The average molecular weight is 499 g/mol. The topological polar surface area (TPSA) is 85.4 Å². The van der Waals surface area contributed by atoms with Crippen LogP contribution in [0, 0.1) is 5.92 Å². The first-order valence-electron chi connectivity index (χ1n) is 12.7. The van der Waals surface area contributed by atoms with Crippen LogP contribution in [-0.4, -0.2) is 67.7 Å². The van der Waals surface area contributed by atoms with E-state index in [4.69, 9.17) is 14.2 Å². The highest BCUT2D eigenvalue weighted by atomic mass is 16.6. The van der Waals surface area contributed by atoms with Crippen molar-refractivity contribution in [3.8, 4) is 0 Å². The Morgan fingerprint density at radius 3 is 2.39 bits per heavy atom. The third-order valence-corrected chi connectivity index (χ3v) is 7.36. The standard InChI is InChI=1S/C28H38N2O6/c1-16(2)22-10-17-11-23(29-9-8-18(14-29)34-6)20(26(32)35-7)12-19(17)24-13-25(31)21(15-30(22)24)27(33)36-28(3,4)5/h11-12,15-16,18,22,24H,8-10,13-14H2,1-7H3/t18-,22?,24?/m1/s1. The average Bonchev–Trinajstić information content (AvgIpc) is 3.29. The molecule has 1 aromatic rings. The molecule has 8 nitrogen and oxygen atoms in total. The molecular weight excluding hydrogens is 460 g/mol. The molecule has 3 atom stereocenters. The van der Waals surface area contributed by atoms with Gasteiger partial charge in [-0.25, -0.2) is 9.59 Å². The molecule has 3 aliphatic heterocycles. The molecule has 36 heavy (non-hydrogen) atoms. The first-order valence-corrected chi connectivity index (χ1v) is 12.7. The van der Waals surface area contributed by atoms with Gasteiger partial charge in [-0.15, -0.1) is 0 Å². The number of ether oxygens (including phenoxy) is 3. The molecule has 0 radical (unpaired) electrons. The van der Waals surface area contributed by atoms with Crippen molar-refractivity contribution in [2.24, 2.45) is 5.92 Å². The summed E-state index contributed by atoms with van der Waals surface area (Å²) in [6.07, 6.45) is 3.60. The number of ketones is 1. The number of hydrogen-bond donors (Lipinski definition) is 0. The van der Waals surface area contributed by atoms with Gasteiger partial charge in [-0.1, -0.05) is 13.8 Å². The van der Waals surface area contributed by atoms with Gasteiger partial charge in [0, 0.05) is 38.9 Å². The van der Waals surface area contributed by atoms with E-state index in [9.17, 15) is 14.4 Å². The highest BCUT2D eigenvalue weighted by Crippen LogP contribution is 2.44. The molecule has 196 valence electrons. The first kappa shape index (κ1) is 26.2. The Bertz CT molecular complexity index is 1090. The summed E-state index contributed by atoms with van der Waals surface area (Å²) in [6, 6.07) is 3.83. The fourth-order valence-electron chi connectivity index (χ4n) is 5.52. The number of Topliss-reactive ketones (excluding diaryl/α,β-unsaturated/α-hetero) is 1. The number of fused-ring (bicyclic) bond motifs is 3. The van der Waals surface area contributed by atoms with Gasteiger partial charge in [0.05, 0.1) is 30.5 Å². The summed E-state index contributed by atoms with van der Waals surface area (Å²) >= 11 is 0. The lowest BCUT2D eigenvalue weighted by atomic mass is 9.79. The fourth-order valence-corrected chi connectivity index (χ4v) is 5.52. The fraction of sp³-hybridized carbons (Fsp3) is 0.607. The predicted octanol–water partition coefficient (Wildman–Crippen LogP) is 3.82. The molecule has 8 heteroatoms. The highest BCUT2D eigenvalue weighted by molar-refractivity contribution is 6.18. The second-order valence-electron chi connectivity index (χ2n) is 11.3. The SMILES string of the molecule is COC(=O)c1cc2c(cc1N1CC[C@@H](OC)C1)CC(C(C)C)N1C=C(C(=O)OC(C)(C)C)C(=O)CC21. The van der Waals surface area contributed by atoms with Crippen molar-refractivity contribution in [3.05, 3.63) is 40.6 Å². The van der Waals surface area contributed by atoms with Gasteiger partial charge in [-0.3, -0.25) is 4.79 Å². The van der Waals surface area contributed by atoms with Crippen molar-refractivity contribution < 1.29 is 28.6 Å². The molecule has 1 fully saturated rings. The predicted molar refractivity (Wildman–Crippen MR) is 136 cm³/mol. The molecule has 0 bridgehead atoms. The highest BCUT2D eigenvalue weighted by Gasteiger charge is 2.42. The number of methoxy groups -OCH3 is 2.